The summed E-state index contributed by atoms with van der Waals surface area (Å²) in [6.07, 6.45) is 15.2. The molecule has 7 heteroatoms. The van der Waals surface area contributed by atoms with E-state index in [4.69, 9.17) is 0 Å². The van der Waals surface area contributed by atoms with Crippen LogP contribution in [0.4, 0.5) is 0 Å². The summed E-state index contributed by atoms with van der Waals surface area (Å²) in [7, 11) is 0. The van der Waals surface area contributed by atoms with E-state index >= 15 is 0 Å². The van der Waals surface area contributed by atoms with Gasteiger partial charge in [0.25, 0.3) is 0 Å². The number of hydrogen-bond donors (Lipinski definition) is 3. The quantitative estimate of drug-likeness (QED) is 0.174. The Bertz CT molecular complexity index is 1650. The Labute approximate surface area is 312 Å². The van der Waals surface area contributed by atoms with E-state index in [-0.39, 0.29) is 33.0 Å². The average molecular weight is 713 g/mol. The van der Waals surface area contributed by atoms with Crippen LogP contribution in [-0.4, -0.2) is 58.6 Å². The number of nitrogens with zero attached hydrogens (tertiary/aromatic N) is 1. The van der Waals surface area contributed by atoms with Gasteiger partial charge in [-0.05, 0) is 157 Å². The molecule has 0 radical (unpaired) electrons. The van der Waals surface area contributed by atoms with E-state index in [1.54, 1.807) is 17.0 Å². The van der Waals surface area contributed by atoms with E-state index in [0.29, 0.717) is 61.1 Å². The minimum atomic E-state index is -0.883. The molecule has 1 unspecified atom stereocenters. The smallest absolute Gasteiger partial charge is 0.335 e. The van der Waals surface area contributed by atoms with Crippen LogP contribution in [0.25, 0.3) is 5.57 Å². The lowest BCUT2D eigenvalue weighted by Gasteiger charge is -2.72. The first-order valence-corrected chi connectivity index (χ1v) is 20.4. The first-order chi connectivity index (χ1) is 24.5. The zero-order valence-corrected chi connectivity index (χ0v) is 32.7. The predicted octanol–water partition coefficient (Wildman–Crippen LogP) is 9.09. The zero-order valence-electron chi connectivity index (χ0n) is 32.7. The van der Waals surface area contributed by atoms with Gasteiger partial charge in [0.05, 0.1) is 5.56 Å². The van der Waals surface area contributed by atoms with Gasteiger partial charge in [0.15, 0.2) is 0 Å². The van der Waals surface area contributed by atoms with Gasteiger partial charge in [-0.25, -0.2) is 9.59 Å². The Balaban J connectivity index is 1.11. The van der Waals surface area contributed by atoms with Crippen molar-refractivity contribution in [1.82, 2.24) is 10.2 Å². The molecule has 7 nitrogen and oxygen atoms in total. The fraction of sp³-hybridized carbons (Fsp3) is 0.711. The van der Waals surface area contributed by atoms with Crippen molar-refractivity contribution in [2.45, 2.75) is 125 Å². The fourth-order valence-electron chi connectivity index (χ4n) is 14.5. The van der Waals surface area contributed by atoms with E-state index in [1.807, 2.05) is 12.1 Å². The molecule has 1 saturated heterocycles. The van der Waals surface area contributed by atoms with Crippen LogP contribution in [0.1, 0.15) is 135 Å². The molecule has 7 rings (SSSR count). The number of carboxylic acid groups (broad SMARTS) is 2. The molecule has 52 heavy (non-hydrogen) atoms. The number of carbonyl (C=O) groups excluding carboxylic acids is 1. The van der Waals surface area contributed by atoms with Gasteiger partial charge >= 0.3 is 11.9 Å². The zero-order chi connectivity index (χ0) is 37.4. The summed E-state index contributed by atoms with van der Waals surface area (Å²) >= 11 is 0. The second-order valence-corrected chi connectivity index (χ2v) is 19.5. The molecule has 3 N–H and O–H groups in total. The molecule has 1 aromatic carbocycles. The van der Waals surface area contributed by atoms with Gasteiger partial charge in [-0.2, -0.15) is 0 Å². The summed E-state index contributed by atoms with van der Waals surface area (Å²) in [4.78, 5) is 37.9. The molecule has 5 fully saturated rings. The Morgan fingerprint density at radius 2 is 1.62 bits per heavy atom. The molecular formula is C45H64N2O5. The van der Waals surface area contributed by atoms with Gasteiger partial charge in [0.1, 0.15) is 6.04 Å². The van der Waals surface area contributed by atoms with Crippen LogP contribution in [0.15, 0.2) is 42.5 Å². The number of rotatable bonds is 9. The van der Waals surface area contributed by atoms with Gasteiger partial charge in [0, 0.05) is 26.1 Å². The molecule has 1 aromatic rings. The topological polar surface area (TPSA) is 107 Å². The van der Waals surface area contributed by atoms with Crippen molar-refractivity contribution in [3.8, 4) is 0 Å². The highest BCUT2D eigenvalue weighted by Gasteiger charge is 2.70. The van der Waals surface area contributed by atoms with E-state index < -0.39 is 18.0 Å². The maximum atomic E-state index is 13.1. The Morgan fingerprint density at radius 3 is 2.29 bits per heavy atom. The summed E-state index contributed by atoms with van der Waals surface area (Å²) in [5, 5.41) is 22.8. The predicted molar refractivity (Wildman–Crippen MR) is 206 cm³/mol. The number of nitrogens with one attached hydrogen (secondary N) is 1. The fourth-order valence-corrected chi connectivity index (χ4v) is 14.5. The second-order valence-electron chi connectivity index (χ2n) is 19.5. The summed E-state index contributed by atoms with van der Waals surface area (Å²) in [6.45, 7) is 21.8. The molecule has 0 spiro atoms. The standard InChI is InChI=1S/C45H64N2O5/c1-28(2)31-16-22-45(27-46-25-19-37(48)47-26-8-9-34(47)40(51)52)24-23-43(6)33(38(31)45)14-15-36-42(5)20-17-32(29-10-12-30(13-11-29)39(49)50)41(3,4)35(42)18-21-44(36,43)7/h10-13,17,31,33-36,38,46H,1,8-9,14-16,18-27H2,2-7H3,(H,49,50)(H,51,52)/t31-,33+,34?,35-,36+,38+,42-,43+,44+,45+/m0/s1. The van der Waals surface area contributed by atoms with Crippen molar-refractivity contribution in [2.75, 3.05) is 19.6 Å². The van der Waals surface area contributed by atoms with E-state index in [2.05, 4.69) is 59.5 Å². The van der Waals surface area contributed by atoms with Crippen LogP contribution in [0, 0.1) is 56.7 Å². The van der Waals surface area contributed by atoms with Crippen LogP contribution in [0.2, 0.25) is 0 Å². The number of carbonyl (C=O) groups is 3. The highest BCUT2D eigenvalue weighted by atomic mass is 16.4. The van der Waals surface area contributed by atoms with Crippen molar-refractivity contribution >= 4 is 23.4 Å². The number of allylic oxidation sites excluding steroid dienone is 3. The number of fused-ring (bicyclic) bond motifs is 7. The van der Waals surface area contributed by atoms with Crippen molar-refractivity contribution in [1.29, 1.82) is 0 Å². The molecule has 1 aliphatic heterocycles. The molecule has 1 heterocycles. The lowest BCUT2D eigenvalue weighted by atomic mass is 9.32. The van der Waals surface area contributed by atoms with Crippen LogP contribution in [0.5, 0.6) is 0 Å². The minimum Gasteiger partial charge on any atom is -0.480 e. The Morgan fingerprint density at radius 1 is 0.885 bits per heavy atom. The third-order valence-corrected chi connectivity index (χ3v) is 17.1. The van der Waals surface area contributed by atoms with Crippen molar-refractivity contribution in [3.05, 3.63) is 53.6 Å². The number of aromatic carboxylic acids is 1. The summed E-state index contributed by atoms with van der Waals surface area (Å²) in [6, 6.07) is 6.88. The lowest BCUT2D eigenvalue weighted by molar-refractivity contribution is -0.225. The third-order valence-electron chi connectivity index (χ3n) is 17.1. The van der Waals surface area contributed by atoms with Crippen LogP contribution < -0.4 is 5.32 Å². The highest BCUT2D eigenvalue weighted by molar-refractivity contribution is 5.88. The average Bonchev–Trinajstić information content (AvgIpc) is 3.73. The molecule has 0 bridgehead atoms. The van der Waals surface area contributed by atoms with E-state index in [1.165, 1.54) is 62.5 Å². The molecule has 284 valence electrons. The summed E-state index contributed by atoms with van der Waals surface area (Å²) in [5.41, 5.74) is 5.12. The molecule has 10 atom stereocenters. The molecule has 0 aromatic heterocycles. The molecule has 1 amide bonds. The van der Waals surface area contributed by atoms with Crippen LogP contribution in [0.3, 0.4) is 0 Å². The molecular weight excluding hydrogens is 649 g/mol. The van der Waals surface area contributed by atoms with Crippen LogP contribution >= 0.6 is 0 Å². The number of hydrogen-bond acceptors (Lipinski definition) is 4. The SMILES string of the molecule is C=C(C)[C@@H]1CC[C@]2(CNCCC(=O)N3CCCC3C(=O)O)CC[C@]3(C)[C@H](CC[C@@H]4[C@@]5(C)CC=C(c6ccc(C(=O)O)cc6)C(C)(C)[C@@H]5CC[C@]43C)[C@@H]12. The Hall–Kier alpha value is -2.93. The van der Waals surface area contributed by atoms with Gasteiger partial charge in [-0.15, -0.1) is 0 Å². The highest BCUT2D eigenvalue weighted by Crippen LogP contribution is 2.77. The van der Waals surface area contributed by atoms with Gasteiger partial charge in [0.2, 0.25) is 5.91 Å². The van der Waals surface area contributed by atoms with Crippen molar-refractivity contribution < 1.29 is 24.6 Å². The van der Waals surface area contributed by atoms with Gasteiger partial charge < -0.3 is 20.4 Å². The number of amides is 1. The first kappa shape index (κ1) is 37.4. The van der Waals surface area contributed by atoms with Crippen LogP contribution in [-0.2, 0) is 9.59 Å². The number of benzene rings is 1. The maximum absolute atomic E-state index is 13.1. The summed E-state index contributed by atoms with van der Waals surface area (Å²) < 4.78 is 0. The summed E-state index contributed by atoms with van der Waals surface area (Å²) in [5.74, 6) is 1.19. The van der Waals surface area contributed by atoms with Gasteiger partial charge in [-0.3, -0.25) is 4.79 Å². The van der Waals surface area contributed by atoms with Crippen molar-refractivity contribution in [2.24, 2.45) is 56.7 Å². The van der Waals surface area contributed by atoms with Crippen molar-refractivity contribution in [3.63, 3.8) is 0 Å². The number of carboxylic acids is 2. The largest absolute Gasteiger partial charge is 0.480 e. The monoisotopic (exact) mass is 712 g/mol. The molecule has 4 saturated carbocycles. The van der Waals surface area contributed by atoms with E-state index in [9.17, 15) is 24.6 Å². The molecule has 5 aliphatic carbocycles. The maximum Gasteiger partial charge on any atom is 0.335 e. The Kier molecular flexibility index (Phi) is 9.44. The molecule has 6 aliphatic rings. The lowest BCUT2D eigenvalue weighted by Crippen LogP contribution is -2.65. The normalized spacial score (nSPS) is 40.5. The minimum absolute atomic E-state index is 0.00852. The second kappa shape index (κ2) is 13.1. The number of aliphatic carboxylic acids is 1. The van der Waals surface area contributed by atoms with Gasteiger partial charge in [-0.1, -0.05) is 65.0 Å². The number of likely N-dealkylation sites (tertiary alicyclic amines) is 1. The van der Waals surface area contributed by atoms with E-state index in [0.717, 1.165) is 24.9 Å². The first-order valence-electron chi connectivity index (χ1n) is 20.4. The third kappa shape index (κ3) is 5.56.